The van der Waals surface area contributed by atoms with Gasteiger partial charge in [-0.25, -0.2) is 4.39 Å². The van der Waals surface area contributed by atoms with E-state index in [9.17, 15) is 9.18 Å². The molecule has 2 saturated heterocycles. The third-order valence-corrected chi connectivity index (χ3v) is 6.94. The Balaban J connectivity index is 1.40. The van der Waals surface area contributed by atoms with Crippen LogP contribution in [0, 0.1) is 25.6 Å². The maximum atomic E-state index is 14.1. The molecule has 1 amide bonds. The second kappa shape index (κ2) is 8.13. The van der Waals surface area contributed by atoms with Crippen molar-refractivity contribution in [2.45, 2.75) is 32.2 Å². The Kier molecular flexibility index (Phi) is 5.29. The summed E-state index contributed by atoms with van der Waals surface area (Å²) in [5.41, 5.74) is 1.92. The van der Waals surface area contributed by atoms with Gasteiger partial charge in [-0.1, -0.05) is 36.4 Å². The molecule has 5 rings (SSSR count). The number of halogens is 1. The lowest BCUT2D eigenvalue weighted by Gasteiger charge is -2.41. The smallest absolute Gasteiger partial charge is 0.253 e. The minimum absolute atomic E-state index is 0.124. The number of amides is 1. The van der Waals surface area contributed by atoms with Gasteiger partial charge in [0.2, 0.25) is 11.8 Å². The molecule has 6 nitrogen and oxygen atoms in total. The molecule has 32 heavy (non-hydrogen) atoms. The van der Waals surface area contributed by atoms with Gasteiger partial charge in [-0.15, -0.1) is 10.2 Å². The minimum atomic E-state index is -0.349. The number of piperidine rings is 1. The molecule has 2 aliphatic rings. The Bertz CT molecular complexity index is 1130. The third-order valence-electron chi connectivity index (χ3n) is 6.94. The molecule has 3 heterocycles. The quantitative estimate of drug-likeness (QED) is 0.626. The van der Waals surface area contributed by atoms with Crippen molar-refractivity contribution in [1.82, 2.24) is 20.0 Å². The Morgan fingerprint density at radius 2 is 1.97 bits per heavy atom. The lowest BCUT2D eigenvalue weighted by molar-refractivity contribution is 0.0567. The molecule has 3 aromatic rings. The van der Waals surface area contributed by atoms with E-state index in [0.717, 1.165) is 26.1 Å². The van der Waals surface area contributed by atoms with E-state index in [1.54, 1.807) is 19.1 Å². The third kappa shape index (κ3) is 3.71. The van der Waals surface area contributed by atoms with Crippen molar-refractivity contribution in [2.75, 3.05) is 26.2 Å². The monoisotopic (exact) mass is 434 g/mol. The van der Waals surface area contributed by atoms with E-state index < -0.39 is 0 Å². The molecule has 7 heteroatoms. The highest BCUT2D eigenvalue weighted by Crippen LogP contribution is 2.45. The highest BCUT2D eigenvalue weighted by atomic mass is 19.1. The fourth-order valence-electron chi connectivity index (χ4n) is 5.19. The van der Waals surface area contributed by atoms with Gasteiger partial charge in [0.05, 0.1) is 5.41 Å². The van der Waals surface area contributed by atoms with Crippen LogP contribution in [0.1, 0.15) is 39.7 Å². The van der Waals surface area contributed by atoms with Crippen LogP contribution in [0.5, 0.6) is 0 Å². The predicted octanol–water partition coefficient (Wildman–Crippen LogP) is 3.74. The summed E-state index contributed by atoms with van der Waals surface area (Å²) in [7, 11) is 0. The minimum Gasteiger partial charge on any atom is -0.425 e. The van der Waals surface area contributed by atoms with Crippen LogP contribution in [0.2, 0.25) is 0 Å². The number of benzene rings is 2. The number of carbonyl (C=O) groups excluding carboxylic acids is 1. The summed E-state index contributed by atoms with van der Waals surface area (Å²) >= 11 is 0. The number of hydrogen-bond acceptors (Lipinski definition) is 5. The SMILES string of the molecule is Cc1nnc([C@]23CCN(C(=O)c4ccc(C)c(F)c4)C[C@H]2CN(Cc2ccccc2)C3)o1. The number of rotatable bonds is 4. The van der Waals surface area contributed by atoms with E-state index in [2.05, 4.69) is 39.4 Å². The zero-order valence-electron chi connectivity index (χ0n) is 18.4. The van der Waals surface area contributed by atoms with Crippen LogP contribution in [0.3, 0.4) is 0 Å². The van der Waals surface area contributed by atoms with Gasteiger partial charge >= 0.3 is 0 Å². The van der Waals surface area contributed by atoms with Gasteiger partial charge in [0.25, 0.3) is 5.91 Å². The van der Waals surface area contributed by atoms with Gasteiger partial charge in [-0.2, -0.15) is 0 Å². The van der Waals surface area contributed by atoms with E-state index in [-0.39, 0.29) is 23.1 Å². The van der Waals surface area contributed by atoms with E-state index in [0.29, 0.717) is 36.0 Å². The second-order valence-electron chi connectivity index (χ2n) is 9.10. The van der Waals surface area contributed by atoms with Gasteiger partial charge in [-0.05, 0) is 36.6 Å². The first-order valence-electron chi connectivity index (χ1n) is 11.1. The number of fused-ring (bicyclic) bond motifs is 1. The molecular weight excluding hydrogens is 407 g/mol. The van der Waals surface area contributed by atoms with E-state index in [4.69, 9.17) is 4.42 Å². The predicted molar refractivity (Wildman–Crippen MR) is 118 cm³/mol. The first kappa shape index (κ1) is 20.8. The lowest BCUT2D eigenvalue weighted by Crippen LogP contribution is -2.51. The molecule has 166 valence electrons. The number of carbonyl (C=O) groups is 1. The summed E-state index contributed by atoms with van der Waals surface area (Å²) in [5, 5.41) is 8.49. The Morgan fingerprint density at radius 1 is 1.16 bits per heavy atom. The van der Waals surface area contributed by atoms with Crippen LogP contribution < -0.4 is 0 Å². The first-order valence-corrected chi connectivity index (χ1v) is 11.1. The summed E-state index contributed by atoms with van der Waals surface area (Å²) in [6, 6.07) is 15.1. The molecular formula is C25H27FN4O2. The number of likely N-dealkylation sites (tertiary alicyclic amines) is 2. The van der Waals surface area contributed by atoms with Gasteiger partial charge in [0, 0.05) is 51.1 Å². The van der Waals surface area contributed by atoms with Gasteiger partial charge < -0.3 is 9.32 Å². The normalized spacial score (nSPS) is 23.3. The molecule has 2 aliphatic heterocycles. The first-order chi connectivity index (χ1) is 15.4. The van der Waals surface area contributed by atoms with Crippen molar-refractivity contribution in [3.8, 4) is 0 Å². The zero-order valence-corrected chi connectivity index (χ0v) is 18.4. The highest BCUT2D eigenvalue weighted by Gasteiger charge is 2.54. The summed E-state index contributed by atoms with van der Waals surface area (Å²) in [6.07, 6.45) is 0.741. The molecule has 2 aromatic carbocycles. The average molecular weight is 435 g/mol. The number of hydrogen-bond donors (Lipinski definition) is 0. The van der Waals surface area contributed by atoms with Crippen LogP contribution in [0.15, 0.2) is 52.9 Å². The standard InChI is InChI=1S/C25H27FN4O2/c1-17-8-9-20(12-22(17)26)23(31)30-11-10-25(24-28-27-18(2)32-24)16-29(14-21(25)15-30)13-19-6-4-3-5-7-19/h3-9,12,21H,10-11,13-16H2,1-2H3/t21-,25+/m1/s1. The Labute approximate surface area is 187 Å². The van der Waals surface area contributed by atoms with Gasteiger partial charge in [0.15, 0.2) is 0 Å². The molecule has 1 aromatic heterocycles. The molecule has 0 unspecified atom stereocenters. The van der Waals surface area contributed by atoms with Crippen LogP contribution in [-0.4, -0.2) is 52.1 Å². The molecule has 2 fully saturated rings. The summed E-state index contributed by atoms with van der Waals surface area (Å²) in [6.45, 7) is 7.15. The zero-order chi connectivity index (χ0) is 22.3. The van der Waals surface area contributed by atoms with Crippen LogP contribution in [0.25, 0.3) is 0 Å². The average Bonchev–Trinajstić information content (AvgIpc) is 3.39. The van der Waals surface area contributed by atoms with E-state index in [1.165, 1.54) is 11.6 Å². The van der Waals surface area contributed by atoms with Crippen LogP contribution in [0.4, 0.5) is 4.39 Å². The molecule has 0 saturated carbocycles. The van der Waals surface area contributed by atoms with Crippen molar-refractivity contribution in [3.05, 3.63) is 82.8 Å². The summed E-state index contributed by atoms with van der Waals surface area (Å²) in [4.78, 5) is 17.4. The molecule has 0 bridgehead atoms. The van der Waals surface area contributed by atoms with Crippen LogP contribution >= 0.6 is 0 Å². The molecule has 0 spiro atoms. The Morgan fingerprint density at radius 3 is 2.69 bits per heavy atom. The fraction of sp³-hybridized carbons (Fsp3) is 0.400. The molecule has 2 atom stereocenters. The fourth-order valence-corrected chi connectivity index (χ4v) is 5.19. The highest BCUT2D eigenvalue weighted by molar-refractivity contribution is 5.94. The van der Waals surface area contributed by atoms with Crippen LogP contribution in [-0.2, 0) is 12.0 Å². The van der Waals surface area contributed by atoms with Gasteiger partial charge in [0.1, 0.15) is 5.82 Å². The van der Waals surface area contributed by atoms with E-state index >= 15 is 0 Å². The van der Waals surface area contributed by atoms with Crippen molar-refractivity contribution in [2.24, 2.45) is 5.92 Å². The molecule has 0 radical (unpaired) electrons. The number of aryl methyl sites for hydroxylation is 2. The molecule has 0 aliphatic carbocycles. The van der Waals surface area contributed by atoms with Crippen molar-refractivity contribution in [1.29, 1.82) is 0 Å². The summed E-state index contributed by atoms with van der Waals surface area (Å²) in [5.74, 6) is 0.922. The van der Waals surface area contributed by atoms with Gasteiger partial charge in [-0.3, -0.25) is 9.69 Å². The van der Waals surface area contributed by atoms with Crippen molar-refractivity contribution >= 4 is 5.91 Å². The van der Waals surface area contributed by atoms with Crippen molar-refractivity contribution < 1.29 is 13.6 Å². The van der Waals surface area contributed by atoms with E-state index in [1.807, 2.05) is 17.9 Å². The number of aromatic nitrogens is 2. The number of nitrogens with zero attached hydrogens (tertiary/aromatic N) is 4. The topological polar surface area (TPSA) is 62.5 Å². The largest absolute Gasteiger partial charge is 0.425 e. The van der Waals surface area contributed by atoms with Crippen molar-refractivity contribution in [3.63, 3.8) is 0 Å². The lowest BCUT2D eigenvalue weighted by atomic mass is 9.72. The summed E-state index contributed by atoms with van der Waals surface area (Å²) < 4.78 is 20.0. The maximum absolute atomic E-state index is 14.1. The second-order valence-corrected chi connectivity index (χ2v) is 9.10. The molecule has 0 N–H and O–H groups in total. The Hall–Kier alpha value is -3.06. The maximum Gasteiger partial charge on any atom is 0.253 e.